The van der Waals surface area contributed by atoms with E-state index < -0.39 is 5.79 Å². The highest BCUT2D eigenvalue weighted by molar-refractivity contribution is 5.94. The highest BCUT2D eigenvalue weighted by Crippen LogP contribution is 2.22. The van der Waals surface area contributed by atoms with Gasteiger partial charge < -0.3 is 9.57 Å². The zero-order valence-electron chi connectivity index (χ0n) is 8.57. The monoisotopic (exact) mass is 191 g/mol. The number of hydrogen-bond acceptors (Lipinski definition) is 3. The number of oxime groups is 1. The average Bonchev–Trinajstić information content (AvgIpc) is 2.47. The van der Waals surface area contributed by atoms with Crippen LogP contribution in [0.5, 0.6) is 0 Å². The summed E-state index contributed by atoms with van der Waals surface area (Å²) in [6.07, 6.45) is 0. The zero-order chi connectivity index (χ0) is 10.2. The predicted molar refractivity (Wildman–Crippen MR) is 54.0 cm³/mol. The molecule has 1 aromatic carbocycles. The molecule has 0 aromatic heterocycles. The van der Waals surface area contributed by atoms with Crippen LogP contribution in [0, 0.1) is 6.92 Å². The summed E-state index contributed by atoms with van der Waals surface area (Å²) in [4.78, 5) is 5.10. The molecular formula is C11H13NO2. The molecule has 0 amide bonds. The van der Waals surface area contributed by atoms with Gasteiger partial charge in [0.25, 0.3) is 11.7 Å². The first-order valence-corrected chi connectivity index (χ1v) is 4.59. The van der Waals surface area contributed by atoms with Crippen molar-refractivity contribution in [2.75, 3.05) is 0 Å². The molecule has 1 aliphatic rings. The Hall–Kier alpha value is -1.51. The van der Waals surface area contributed by atoms with Crippen molar-refractivity contribution >= 4 is 5.90 Å². The van der Waals surface area contributed by atoms with Crippen LogP contribution in [0.15, 0.2) is 29.4 Å². The van der Waals surface area contributed by atoms with Crippen LogP contribution in [0.4, 0.5) is 0 Å². The van der Waals surface area contributed by atoms with E-state index in [2.05, 4.69) is 5.16 Å². The predicted octanol–water partition coefficient (Wildman–Crippen LogP) is 2.44. The summed E-state index contributed by atoms with van der Waals surface area (Å²) in [6.45, 7) is 5.71. The number of ether oxygens (including phenoxy) is 1. The fourth-order valence-electron chi connectivity index (χ4n) is 1.23. The topological polar surface area (TPSA) is 30.8 Å². The third kappa shape index (κ3) is 1.71. The van der Waals surface area contributed by atoms with Gasteiger partial charge in [-0.3, -0.25) is 0 Å². The maximum Gasteiger partial charge on any atom is 0.271 e. The third-order valence-electron chi connectivity index (χ3n) is 1.99. The van der Waals surface area contributed by atoms with Gasteiger partial charge in [-0.05, 0) is 24.2 Å². The van der Waals surface area contributed by atoms with E-state index >= 15 is 0 Å². The highest BCUT2D eigenvalue weighted by Gasteiger charge is 2.30. The Balaban J connectivity index is 2.22. The van der Waals surface area contributed by atoms with Gasteiger partial charge in [0.15, 0.2) is 0 Å². The van der Waals surface area contributed by atoms with Crippen LogP contribution in [0.3, 0.4) is 0 Å². The maximum atomic E-state index is 5.50. The standard InChI is InChI=1S/C11H13NO2/c1-8-4-6-9(7-5-8)10-12-14-11(2,3)13-10/h4-7H,1-3H3. The largest absolute Gasteiger partial charge is 0.431 e. The van der Waals surface area contributed by atoms with Crippen LogP contribution in [0.1, 0.15) is 25.0 Å². The van der Waals surface area contributed by atoms with E-state index in [9.17, 15) is 0 Å². The normalized spacial score (nSPS) is 18.4. The van der Waals surface area contributed by atoms with Crippen LogP contribution in [0.2, 0.25) is 0 Å². The minimum atomic E-state index is -0.639. The van der Waals surface area contributed by atoms with Gasteiger partial charge in [-0.2, -0.15) is 0 Å². The van der Waals surface area contributed by atoms with Crippen molar-refractivity contribution < 1.29 is 9.57 Å². The van der Waals surface area contributed by atoms with Crippen molar-refractivity contribution in [3.05, 3.63) is 35.4 Å². The van der Waals surface area contributed by atoms with Crippen LogP contribution in [-0.2, 0) is 9.57 Å². The van der Waals surface area contributed by atoms with Crippen molar-refractivity contribution in [2.45, 2.75) is 26.6 Å². The summed E-state index contributed by atoms with van der Waals surface area (Å²) in [6, 6.07) is 7.98. The molecule has 0 spiro atoms. The molecule has 14 heavy (non-hydrogen) atoms. The summed E-state index contributed by atoms with van der Waals surface area (Å²) in [7, 11) is 0. The Morgan fingerprint density at radius 2 is 1.79 bits per heavy atom. The fraction of sp³-hybridized carbons (Fsp3) is 0.364. The molecule has 0 N–H and O–H groups in total. The van der Waals surface area contributed by atoms with Gasteiger partial charge >= 0.3 is 0 Å². The van der Waals surface area contributed by atoms with E-state index in [1.165, 1.54) is 5.56 Å². The van der Waals surface area contributed by atoms with Crippen molar-refractivity contribution in [3.8, 4) is 0 Å². The zero-order valence-corrected chi connectivity index (χ0v) is 8.57. The van der Waals surface area contributed by atoms with Gasteiger partial charge in [0.2, 0.25) is 0 Å². The summed E-state index contributed by atoms with van der Waals surface area (Å²) in [5, 5.41) is 3.88. The maximum absolute atomic E-state index is 5.50. The lowest BCUT2D eigenvalue weighted by atomic mass is 10.1. The van der Waals surface area contributed by atoms with Crippen molar-refractivity contribution in [3.63, 3.8) is 0 Å². The number of benzene rings is 1. The lowest BCUT2D eigenvalue weighted by Gasteiger charge is -2.14. The minimum absolute atomic E-state index is 0.551. The van der Waals surface area contributed by atoms with E-state index in [4.69, 9.17) is 9.57 Å². The highest BCUT2D eigenvalue weighted by atomic mass is 16.8. The van der Waals surface area contributed by atoms with E-state index in [0.29, 0.717) is 5.90 Å². The van der Waals surface area contributed by atoms with Gasteiger partial charge in [0.05, 0.1) is 0 Å². The molecule has 0 bridgehead atoms. The van der Waals surface area contributed by atoms with E-state index in [1.54, 1.807) is 0 Å². The Kier molecular flexibility index (Phi) is 1.95. The molecule has 3 nitrogen and oxygen atoms in total. The third-order valence-corrected chi connectivity index (χ3v) is 1.99. The molecular weight excluding hydrogens is 178 g/mol. The quantitative estimate of drug-likeness (QED) is 0.682. The second-order valence-electron chi connectivity index (χ2n) is 3.86. The van der Waals surface area contributed by atoms with Gasteiger partial charge in [-0.25, -0.2) is 0 Å². The SMILES string of the molecule is Cc1ccc(C2=NOC(C)(C)O2)cc1. The van der Waals surface area contributed by atoms with Crippen molar-refractivity contribution in [1.29, 1.82) is 0 Å². The number of hydrogen-bond donors (Lipinski definition) is 0. The first-order valence-electron chi connectivity index (χ1n) is 4.59. The Bertz CT molecular complexity index is 365. The number of aryl methyl sites for hydroxylation is 1. The lowest BCUT2D eigenvalue weighted by molar-refractivity contribution is -0.128. The van der Waals surface area contributed by atoms with Crippen molar-refractivity contribution in [1.82, 2.24) is 0 Å². The lowest BCUT2D eigenvalue weighted by Crippen LogP contribution is -2.22. The molecule has 0 saturated heterocycles. The molecule has 0 unspecified atom stereocenters. The molecule has 0 radical (unpaired) electrons. The molecule has 0 fully saturated rings. The molecule has 2 rings (SSSR count). The molecule has 0 atom stereocenters. The van der Waals surface area contributed by atoms with Crippen LogP contribution < -0.4 is 0 Å². The summed E-state index contributed by atoms with van der Waals surface area (Å²) in [5.41, 5.74) is 2.16. The smallest absolute Gasteiger partial charge is 0.271 e. The summed E-state index contributed by atoms with van der Waals surface area (Å²) in [5.74, 6) is -0.0877. The molecule has 0 saturated carbocycles. The van der Waals surface area contributed by atoms with Gasteiger partial charge in [0.1, 0.15) is 0 Å². The Labute approximate surface area is 83.3 Å². The van der Waals surface area contributed by atoms with Crippen molar-refractivity contribution in [2.24, 2.45) is 5.16 Å². The van der Waals surface area contributed by atoms with Gasteiger partial charge in [-0.1, -0.05) is 17.7 Å². The van der Waals surface area contributed by atoms with Gasteiger partial charge in [0, 0.05) is 19.4 Å². The molecule has 0 aliphatic carbocycles. The first-order chi connectivity index (χ1) is 6.57. The Morgan fingerprint density at radius 3 is 2.29 bits per heavy atom. The van der Waals surface area contributed by atoms with E-state index in [-0.39, 0.29) is 0 Å². The fourth-order valence-corrected chi connectivity index (χ4v) is 1.23. The Morgan fingerprint density at radius 1 is 1.14 bits per heavy atom. The average molecular weight is 191 g/mol. The molecule has 3 heteroatoms. The summed E-state index contributed by atoms with van der Waals surface area (Å²) >= 11 is 0. The van der Waals surface area contributed by atoms with E-state index in [1.807, 2.05) is 45.0 Å². The first kappa shape index (κ1) is 9.06. The van der Waals surface area contributed by atoms with Crippen LogP contribution in [-0.4, -0.2) is 11.7 Å². The molecule has 1 aliphatic heterocycles. The van der Waals surface area contributed by atoms with E-state index in [0.717, 1.165) is 5.56 Å². The number of rotatable bonds is 1. The number of nitrogens with zero attached hydrogens (tertiary/aromatic N) is 1. The van der Waals surface area contributed by atoms with Crippen LogP contribution >= 0.6 is 0 Å². The molecule has 1 aromatic rings. The summed E-state index contributed by atoms with van der Waals surface area (Å²) < 4.78 is 5.50. The molecule has 74 valence electrons. The van der Waals surface area contributed by atoms with Gasteiger partial charge in [-0.15, -0.1) is 0 Å². The second-order valence-corrected chi connectivity index (χ2v) is 3.86. The second kappa shape index (κ2) is 3.01. The minimum Gasteiger partial charge on any atom is -0.431 e. The van der Waals surface area contributed by atoms with Crippen LogP contribution in [0.25, 0.3) is 0 Å². The molecule has 1 heterocycles.